The molecule has 1 atom stereocenters. The van der Waals surface area contributed by atoms with Crippen LogP contribution in [0.4, 0.5) is 5.82 Å². The Balaban J connectivity index is 2.89. The van der Waals surface area contributed by atoms with Gasteiger partial charge in [-0.1, -0.05) is 6.92 Å². The van der Waals surface area contributed by atoms with Crippen molar-refractivity contribution in [1.29, 1.82) is 0 Å². The summed E-state index contributed by atoms with van der Waals surface area (Å²) in [5.74, 6) is -1.78. The van der Waals surface area contributed by atoms with Gasteiger partial charge in [-0.15, -0.1) is 0 Å². The van der Waals surface area contributed by atoms with Gasteiger partial charge in [0.1, 0.15) is 5.82 Å². The number of esters is 1. The smallest absolute Gasteiger partial charge is 0.345 e. The Morgan fingerprint density at radius 2 is 2.29 bits per heavy atom. The Kier molecular flexibility index (Phi) is 4.45. The molecule has 1 rings (SSSR count). The van der Waals surface area contributed by atoms with Gasteiger partial charge in [0.15, 0.2) is 6.10 Å². The van der Waals surface area contributed by atoms with Crippen LogP contribution in [0, 0.1) is 0 Å². The van der Waals surface area contributed by atoms with Gasteiger partial charge in [-0.05, 0) is 28.4 Å². The number of carboxylic acid groups (broad SMARTS) is 1. The van der Waals surface area contributed by atoms with E-state index in [1.54, 1.807) is 6.92 Å². The number of aliphatic carboxylic acids is 1. The van der Waals surface area contributed by atoms with E-state index in [-0.39, 0.29) is 17.8 Å². The predicted molar refractivity (Wildman–Crippen MR) is 63.5 cm³/mol. The Morgan fingerprint density at radius 3 is 2.82 bits per heavy atom. The monoisotopic (exact) mass is 302 g/mol. The number of aromatic nitrogens is 1. The molecule has 0 aliphatic heterocycles. The molecule has 0 aliphatic rings. The molecule has 0 aliphatic carbocycles. The molecule has 6 nitrogen and oxygen atoms in total. The van der Waals surface area contributed by atoms with E-state index < -0.39 is 18.0 Å². The van der Waals surface area contributed by atoms with Crippen molar-refractivity contribution >= 4 is 33.7 Å². The Hall–Kier alpha value is -1.63. The van der Waals surface area contributed by atoms with E-state index >= 15 is 0 Å². The van der Waals surface area contributed by atoms with E-state index in [4.69, 9.17) is 15.6 Å². The quantitative estimate of drug-likeness (QED) is 0.816. The summed E-state index contributed by atoms with van der Waals surface area (Å²) in [7, 11) is 0. The maximum absolute atomic E-state index is 11.7. The first-order valence-electron chi connectivity index (χ1n) is 4.80. The number of nitrogen functional groups attached to an aromatic ring is 1. The van der Waals surface area contributed by atoms with Crippen LogP contribution in [0.5, 0.6) is 0 Å². The zero-order chi connectivity index (χ0) is 13.0. The van der Waals surface area contributed by atoms with Crippen LogP contribution in [0.25, 0.3) is 0 Å². The molecule has 92 valence electrons. The van der Waals surface area contributed by atoms with Gasteiger partial charge < -0.3 is 15.6 Å². The van der Waals surface area contributed by atoms with Gasteiger partial charge in [0.25, 0.3) is 0 Å². The second kappa shape index (κ2) is 5.62. The first kappa shape index (κ1) is 13.4. The van der Waals surface area contributed by atoms with Gasteiger partial charge in [-0.2, -0.15) is 0 Å². The summed E-state index contributed by atoms with van der Waals surface area (Å²) in [6, 6.07) is 1.32. The zero-order valence-corrected chi connectivity index (χ0v) is 10.6. The molecule has 0 amide bonds. The van der Waals surface area contributed by atoms with Crippen molar-refractivity contribution in [1.82, 2.24) is 4.98 Å². The second-order valence-electron chi connectivity index (χ2n) is 3.23. The lowest BCUT2D eigenvalue weighted by Gasteiger charge is -2.12. The fourth-order valence-electron chi connectivity index (χ4n) is 1.11. The fraction of sp³-hybridized carbons (Fsp3) is 0.300. The van der Waals surface area contributed by atoms with Gasteiger partial charge in [0, 0.05) is 6.20 Å². The predicted octanol–water partition coefficient (Wildman–Crippen LogP) is 1.45. The van der Waals surface area contributed by atoms with Crippen LogP contribution in [0.1, 0.15) is 23.7 Å². The van der Waals surface area contributed by atoms with E-state index in [0.29, 0.717) is 4.47 Å². The number of carboxylic acids is 1. The molecule has 7 heteroatoms. The third-order valence-corrected chi connectivity index (χ3v) is 2.62. The fourth-order valence-corrected chi connectivity index (χ4v) is 1.49. The van der Waals surface area contributed by atoms with Gasteiger partial charge in [-0.25, -0.2) is 14.6 Å². The lowest BCUT2D eigenvalue weighted by molar-refractivity contribution is -0.147. The summed E-state index contributed by atoms with van der Waals surface area (Å²) < 4.78 is 5.23. The van der Waals surface area contributed by atoms with Crippen LogP contribution >= 0.6 is 15.9 Å². The molecule has 0 radical (unpaired) electrons. The first-order chi connectivity index (χ1) is 7.95. The summed E-state index contributed by atoms with van der Waals surface area (Å²) >= 11 is 3.11. The number of halogens is 1. The molecule has 1 heterocycles. The average molecular weight is 303 g/mol. The Bertz CT molecular complexity index is 450. The maximum Gasteiger partial charge on any atom is 0.345 e. The summed E-state index contributed by atoms with van der Waals surface area (Å²) in [6.45, 7) is 1.61. The van der Waals surface area contributed by atoms with Crippen molar-refractivity contribution in [3.8, 4) is 0 Å². The minimum atomic E-state index is -1.18. The highest BCUT2D eigenvalue weighted by atomic mass is 79.9. The van der Waals surface area contributed by atoms with E-state index in [0.717, 1.165) is 0 Å². The molecule has 0 bridgehead atoms. The number of hydrogen-bond acceptors (Lipinski definition) is 5. The zero-order valence-electron chi connectivity index (χ0n) is 9.01. The number of rotatable bonds is 4. The SMILES string of the molecule is CCC(OC(=O)c1cc(N)ncc1Br)C(=O)O. The molecular formula is C10H11BrN2O4. The highest BCUT2D eigenvalue weighted by Gasteiger charge is 2.22. The number of hydrogen-bond donors (Lipinski definition) is 2. The summed E-state index contributed by atoms with van der Waals surface area (Å²) in [6.07, 6.45) is 0.385. The molecule has 1 aromatic rings. The van der Waals surface area contributed by atoms with E-state index in [1.807, 2.05) is 0 Å². The number of carbonyl (C=O) groups is 2. The van der Waals surface area contributed by atoms with Crippen LogP contribution in [0.15, 0.2) is 16.7 Å². The molecule has 17 heavy (non-hydrogen) atoms. The molecule has 1 aromatic heterocycles. The molecular weight excluding hydrogens is 292 g/mol. The molecule has 1 unspecified atom stereocenters. The molecule has 0 aromatic carbocycles. The number of nitrogens with two attached hydrogens (primary N) is 1. The third kappa shape index (κ3) is 3.42. The van der Waals surface area contributed by atoms with Crippen molar-refractivity contribution in [3.63, 3.8) is 0 Å². The lowest BCUT2D eigenvalue weighted by Crippen LogP contribution is -2.26. The maximum atomic E-state index is 11.7. The van der Waals surface area contributed by atoms with E-state index in [2.05, 4.69) is 20.9 Å². The van der Waals surface area contributed by atoms with Crippen molar-refractivity contribution in [3.05, 3.63) is 22.3 Å². The second-order valence-corrected chi connectivity index (χ2v) is 4.08. The standard InChI is InChI=1S/C10H11BrN2O4/c1-2-7(9(14)15)17-10(16)5-3-8(12)13-4-6(5)11/h3-4,7H,2H2,1H3,(H2,12,13)(H,14,15). The van der Waals surface area contributed by atoms with Gasteiger partial charge in [0.05, 0.1) is 10.0 Å². The van der Waals surface area contributed by atoms with Crippen LogP contribution in [-0.4, -0.2) is 28.1 Å². The number of nitrogens with zero attached hydrogens (tertiary/aromatic N) is 1. The first-order valence-corrected chi connectivity index (χ1v) is 5.59. The van der Waals surface area contributed by atoms with Crippen molar-refractivity contribution in [2.75, 3.05) is 5.73 Å². The van der Waals surface area contributed by atoms with Crippen LogP contribution in [0.3, 0.4) is 0 Å². The molecule has 3 N–H and O–H groups in total. The number of carbonyl (C=O) groups excluding carboxylic acids is 1. The van der Waals surface area contributed by atoms with E-state index in [9.17, 15) is 9.59 Å². The van der Waals surface area contributed by atoms with Crippen molar-refractivity contribution in [2.24, 2.45) is 0 Å². The third-order valence-electron chi connectivity index (χ3n) is 1.99. The van der Waals surface area contributed by atoms with Gasteiger partial charge in [0.2, 0.25) is 0 Å². The van der Waals surface area contributed by atoms with Gasteiger partial charge in [-0.3, -0.25) is 0 Å². The van der Waals surface area contributed by atoms with Crippen molar-refractivity contribution < 1.29 is 19.4 Å². The number of ether oxygens (including phenoxy) is 1. The minimum Gasteiger partial charge on any atom is -0.479 e. The van der Waals surface area contributed by atoms with Crippen LogP contribution < -0.4 is 5.73 Å². The van der Waals surface area contributed by atoms with E-state index in [1.165, 1.54) is 12.3 Å². The topological polar surface area (TPSA) is 103 Å². The summed E-state index contributed by atoms with van der Waals surface area (Å²) in [5, 5.41) is 8.77. The highest BCUT2D eigenvalue weighted by Crippen LogP contribution is 2.19. The minimum absolute atomic E-state index is 0.150. The largest absolute Gasteiger partial charge is 0.479 e. The summed E-state index contributed by atoms with van der Waals surface area (Å²) in [5.41, 5.74) is 5.58. The average Bonchev–Trinajstić information content (AvgIpc) is 2.28. The van der Waals surface area contributed by atoms with Crippen molar-refractivity contribution in [2.45, 2.75) is 19.4 Å². The Labute approximate surface area is 106 Å². The molecule has 0 fully saturated rings. The Morgan fingerprint density at radius 1 is 1.65 bits per heavy atom. The highest BCUT2D eigenvalue weighted by molar-refractivity contribution is 9.10. The molecule has 0 spiro atoms. The van der Waals surface area contributed by atoms with Gasteiger partial charge >= 0.3 is 11.9 Å². The normalized spacial score (nSPS) is 11.9. The van der Waals surface area contributed by atoms with Crippen LogP contribution in [-0.2, 0) is 9.53 Å². The molecule has 0 saturated heterocycles. The number of pyridine rings is 1. The number of anilines is 1. The molecule has 0 saturated carbocycles. The lowest BCUT2D eigenvalue weighted by atomic mass is 10.2. The van der Waals surface area contributed by atoms with Crippen LogP contribution in [0.2, 0.25) is 0 Å². The summed E-state index contributed by atoms with van der Waals surface area (Å²) in [4.78, 5) is 26.2.